The second kappa shape index (κ2) is 5.78. The van der Waals surface area contributed by atoms with Crippen molar-refractivity contribution in [2.24, 2.45) is 0 Å². The van der Waals surface area contributed by atoms with Gasteiger partial charge < -0.3 is 14.6 Å². The van der Waals surface area contributed by atoms with Crippen LogP contribution in [0.15, 0.2) is 36.4 Å². The molecule has 0 aliphatic carbocycles. The smallest absolute Gasteiger partial charge is 0.128 e. The van der Waals surface area contributed by atoms with Gasteiger partial charge in [0.05, 0.1) is 14.2 Å². The molecule has 21 heavy (non-hydrogen) atoms. The number of hydrogen-bond donors (Lipinski definition) is 1. The predicted molar refractivity (Wildman–Crippen MR) is 84.1 cm³/mol. The van der Waals surface area contributed by atoms with Gasteiger partial charge in [-0.1, -0.05) is 18.2 Å². The number of benzene rings is 2. The molecule has 2 aromatic rings. The third-order valence-electron chi connectivity index (χ3n) is 4.00. The van der Waals surface area contributed by atoms with Crippen molar-refractivity contribution in [1.29, 1.82) is 0 Å². The second-order valence-corrected chi connectivity index (χ2v) is 5.44. The molecule has 0 aromatic heterocycles. The average Bonchev–Trinajstić information content (AvgIpc) is 2.49. The second-order valence-electron chi connectivity index (χ2n) is 5.44. The molecule has 0 aliphatic rings. The Morgan fingerprint density at radius 2 is 1.62 bits per heavy atom. The van der Waals surface area contributed by atoms with Gasteiger partial charge in [-0.2, -0.15) is 0 Å². The van der Waals surface area contributed by atoms with Crippen molar-refractivity contribution < 1.29 is 14.6 Å². The van der Waals surface area contributed by atoms with E-state index in [4.69, 9.17) is 9.47 Å². The SMILES string of the molecule is COc1ccc(C(C)(O)c2ccc(C)c(C)c2)c(OC)c1. The fourth-order valence-electron chi connectivity index (χ4n) is 2.40. The van der Waals surface area contributed by atoms with Crippen LogP contribution in [0.2, 0.25) is 0 Å². The lowest BCUT2D eigenvalue weighted by molar-refractivity contribution is 0.0988. The van der Waals surface area contributed by atoms with Crippen LogP contribution in [0, 0.1) is 13.8 Å². The number of ether oxygens (including phenoxy) is 2. The first-order chi connectivity index (χ1) is 9.90. The normalized spacial score (nSPS) is 13.6. The molecule has 0 fully saturated rings. The minimum absolute atomic E-state index is 0.609. The number of hydrogen-bond acceptors (Lipinski definition) is 3. The molecule has 0 aliphatic heterocycles. The molecule has 1 unspecified atom stereocenters. The van der Waals surface area contributed by atoms with E-state index in [0.717, 1.165) is 11.1 Å². The Kier molecular flexibility index (Phi) is 4.24. The fraction of sp³-hybridized carbons (Fsp3) is 0.333. The van der Waals surface area contributed by atoms with E-state index in [1.54, 1.807) is 27.2 Å². The Morgan fingerprint density at radius 1 is 0.905 bits per heavy atom. The Balaban J connectivity index is 2.54. The van der Waals surface area contributed by atoms with Crippen LogP contribution in [-0.4, -0.2) is 19.3 Å². The summed E-state index contributed by atoms with van der Waals surface area (Å²) in [5, 5.41) is 11.0. The summed E-state index contributed by atoms with van der Waals surface area (Å²) in [4.78, 5) is 0. The highest BCUT2D eigenvalue weighted by Crippen LogP contribution is 2.37. The van der Waals surface area contributed by atoms with Crippen LogP contribution in [0.25, 0.3) is 0 Å². The van der Waals surface area contributed by atoms with E-state index in [9.17, 15) is 5.11 Å². The van der Waals surface area contributed by atoms with Crippen LogP contribution in [0.3, 0.4) is 0 Å². The zero-order valence-corrected chi connectivity index (χ0v) is 13.2. The van der Waals surface area contributed by atoms with Gasteiger partial charge in [-0.3, -0.25) is 0 Å². The van der Waals surface area contributed by atoms with Crippen LogP contribution in [-0.2, 0) is 5.60 Å². The summed E-state index contributed by atoms with van der Waals surface area (Å²) in [5.41, 5.74) is 2.79. The summed E-state index contributed by atoms with van der Waals surface area (Å²) in [6.07, 6.45) is 0. The van der Waals surface area contributed by atoms with Crippen molar-refractivity contribution in [3.8, 4) is 11.5 Å². The summed E-state index contributed by atoms with van der Waals surface area (Å²) in [6, 6.07) is 11.4. The van der Waals surface area contributed by atoms with Crippen molar-refractivity contribution in [3.63, 3.8) is 0 Å². The molecule has 0 spiro atoms. The molecule has 0 saturated heterocycles. The molecule has 3 heteroatoms. The molecule has 2 rings (SSSR count). The largest absolute Gasteiger partial charge is 0.497 e. The maximum absolute atomic E-state index is 11.0. The van der Waals surface area contributed by atoms with Gasteiger partial charge in [0.25, 0.3) is 0 Å². The first-order valence-electron chi connectivity index (χ1n) is 6.92. The van der Waals surface area contributed by atoms with Gasteiger partial charge in [0, 0.05) is 11.6 Å². The molecule has 1 atom stereocenters. The number of aliphatic hydroxyl groups is 1. The van der Waals surface area contributed by atoms with Crippen LogP contribution in [0.4, 0.5) is 0 Å². The summed E-state index contributed by atoms with van der Waals surface area (Å²) in [6.45, 7) is 5.88. The zero-order chi connectivity index (χ0) is 15.6. The quantitative estimate of drug-likeness (QED) is 0.933. The van der Waals surface area contributed by atoms with Crippen LogP contribution < -0.4 is 9.47 Å². The molecule has 0 bridgehead atoms. The van der Waals surface area contributed by atoms with E-state index in [1.165, 1.54) is 5.56 Å². The lowest BCUT2D eigenvalue weighted by Gasteiger charge is -2.27. The summed E-state index contributed by atoms with van der Waals surface area (Å²) in [7, 11) is 3.20. The number of methoxy groups -OCH3 is 2. The van der Waals surface area contributed by atoms with Gasteiger partial charge in [0.1, 0.15) is 17.1 Å². The van der Waals surface area contributed by atoms with Crippen molar-refractivity contribution in [1.82, 2.24) is 0 Å². The predicted octanol–water partition coefficient (Wildman–Crippen LogP) is 3.58. The first-order valence-corrected chi connectivity index (χ1v) is 6.92. The molecular formula is C18H22O3. The summed E-state index contributed by atoms with van der Waals surface area (Å²) < 4.78 is 10.6. The van der Waals surface area contributed by atoms with Gasteiger partial charge in [-0.15, -0.1) is 0 Å². The van der Waals surface area contributed by atoms with Gasteiger partial charge in [0.15, 0.2) is 0 Å². The van der Waals surface area contributed by atoms with Gasteiger partial charge in [-0.05, 0) is 49.6 Å². The highest BCUT2D eigenvalue weighted by atomic mass is 16.5. The van der Waals surface area contributed by atoms with E-state index in [-0.39, 0.29) is 0 Å². The molecule has 2 aromatic carbocycles. The minimum atomic E-state index is -1.13. The lowest BCUT2D eigenvalue weighted by Crippen LogP contribution is -2.23. The maximum Gasteiger partial charge on any atom is 0.128 e. The van der Waals surface area contributed by atoms with Gasteiger partial charge in [0.2, 0.25) is 0 Å². The molecule has 0 heterocycles. The Hall–Kier alpha value is -2.00. The Labute approximate surface area is 126 Å². The Morgan fingerprint density at radius 3 is 2.19 bits per heavy atom. The van der Waals surface area contributed by atoms with Gasteiger partial charge in [-0.25, -0.2) is 0 Å². The average molecular weight is 286 g/mol. The Bertz CT molecular complexity index is 645. The summed E-state index contributed by atoms with van der Waals surface area (Å²) in [5.74, 6) is 1.31. The van der Waals surface area contributed by atoms with E-state index in [2.05, 4.69) is 6.92 Å². The molecule has 3 nitrogen and oxygen atoms in total. The van der Waals surface area contributed by atoms with E-state index < -0.39 is 5.60 Å². The van der Waals surface area contributed by atoms with Gasteiger partial charge >= 0.3 is 0 Å². The molecular weight excluding hydrogens is 264 g/mol. The molecule has 112 valence electrons. The standard InChI is InChI=1S/C18H22O3/c1-12-6-7-14(10-13(12)2)18(3,19)16-9-8-15(20-4)11-17(16)21-5/h6-11,19H,1-5H3. The molecule has 0 saturated carbocycles. The van der Waals surface area contributed by atoms with E-state index in [1.807, 2.05) is 37.3 Å². The topological polar surface area (TPSA) is 38.7 Å². The minimum Gasteiger partial charge on any atom is -0.497 e. The number of aryl methyl sites for hydroxylation is 2. The fourth-order valence-corrected chi connectivity index (χ4v) is 2.40. The highest BCUT2D eigenvalue weighted by Gasteiger charge is 2.29. The van der Waals surface area contributed by atoms with Crippen molar-refractivity contribution in [3.05, 3.63) is 58.7 Å². The molecule has 0 amide bonds. The number of rotatable bonds is 4. The monoisotopic (exact) mass is 286 g/mol. The van der Waals surface area contributed by atoms with E-state index >= 15 is 0 Å². The van der Waals surface area contributed by atoms with Crippen LogP contribution in [0.5, 0.6) is 11.5 Å². The highest BCUT2D eigenvalue weighted by molar-refractivity contribution is 5.49. The van der Waals surface area contributed by atoms with Crippen molar-refractivity contribution in [2.45, 2.75) is 26.4 Å². The van der Waals surface area contributed by atoms with Crippen LogP contribution in [0.1, 0.15) is 29.2 Å². The first kappa shape index (κ1) is 15.4. The maximum atomic E-state index is 11.0. The van der Waals surface area contributed by atoms with Crippen LogP contribution >= 0.6 is 0 Å². The third kappa shape index (κ3) is 2.88. The third-order valence-corrected chi connectivity index (χ3v) is 4.00. The summed E-state index contributed by atoms with van der Waals surface area (Å²) >= 11 is 0. The van der Waals surface area contributed by atoms with E-state index in [0.29, 0.717) is 17.1 Å². The van der Waals surface area contributed by atoms with Crippen molar-refractivity contribution >= 4 is 0 Å². The van der Waals surface area contributed by atoms with Crippen molar-refractivity contribution in [2.75, 3.05) is 14.2 Å². The molecule has 1 N–H and O–H groups in total. The molecule has 0 radical (unpaired) electrons. The zero-order valence-electron chi connectivity index (χ0n) is 13.2. The lowest BCUT2D eigenvalue weighted by atomic mass is 9.86.